The molecule has 1 aromatic rings. The standard InChI is InChI=1S/C17H29N3O2S2/c1-4-18-15(19-12-16(2,21)14-6-5-11-24-14)20-13-17(23-3)7-9-22-10-8-17/h5-6,11,21H,4,7-10,12-13H2,1-3H3,(H2,18,19,20). The quantitative estimate of drug-likeness (QED) is 0.507. The molecule has 0 spiro atoms. The van der Waals surface area contributed by atoms with Crippen LogP contribution in [0.1, 0.15) is 31.6 Å². The summed E-state index contributed by atoms with van der Waals surface area (Å²) in [5, 5.41) is 19.3. The second-order valence-electron chi connectivity index (χ2n) is 6.30. The Morgan fingerprint density at radius 3 is 2.79 bits per heavy atom. The van der Waals surface area contributed by atoms with Crippen molar-refractivity contribution in [2.75, 3.05) is 39.1 Å². The minimum Gasteiger partial charge on any atom is -0.383 e. The van der Waals surface area contributed by atoms with Crippen molar-refractivity contribution in [1.82, 2.24) is 10.6 Å². The molecule has 0 bridgehead atoms. The summed E-state index contributed by atoms with van der Waals surface area (Å²) in [6.45, 7) is 7.48. The molecule has 7 heteroatoms. The number of aliphatic imine (C=N–C) groups is 1. The summed E-state index contributed by atoms with van der Waals surface area (Å²) in [6.07, 6.45) is 4.26. The Morgan fingerprint density at radius 1 is 1.46 bits per heavy atom. The number of thiophene rings is 1. The van der Waals surface area contributed by atoms with Gasteiger partial charge < -0.3 is 20.5 Å². The number of aliphatic hydroxyl groups is 1. The zero-order chi connectivity index (χ0) is 17.5. The summed E-state index contributed by atoms with van der Waals surface area (Å²) in [6, 6.07) is 3.90. The Hall–Kier alpha value is -0.760. The average Bonchev–Trinajstić information content (AvgIpc) is 3.14. The van der Waals surface area contributed by atoms with E-state index in [9.17, 15) is 5.11 Å². The summed E-state index contributed by atoms with van der Waals surface area (Å²) in [4.78, 5) is 5.54. The third-order valence-corrected chi connectivity index (χ3v) is 6.90. The van der Waals surface area contributed by atoms with Crippen molar-refractivity contribution in [2.24, 2.45) is 4.99 Å². The van der Waals surface area contributed by atoms with E-state index in [2.05, 4.69) is 21.9 Å². The van der Waals surface area contributed by atoms with E-state index in [4.69, 9.17) is 4.74 Å². The van der Waals surface area contributed by atoms with Crippen molar-refractivity contribution >= 4 is 29.1 Å². The van der Waals surface area contributed by atoms with Crippen molar-refractivity contribution < 1.29 is 9.84 Å². The molecule has 0 radical (unpaired) electrons. The first-order chi connectivity index (χ1) is 11.5. The minimum absolute atomic E-state index is 0.199. The van der Waals surface area contributed by atoms with Crippen molar-refractivity contribution in [3.63, 3.8) is 0 Å². The van der Waals surface area contributed by atoms with Gasteiger partial charge in [-0.1, -0.05) is 6.07 Å². The van der Waals surface area contributed by atoms with Gasteiger partial charge in [0.15, 0.2) is 5.96 Å². The molecular weight excluding hydrogens is 342 g/mol. The van der Waals surface area contributed by atoms with Crippen LogP contribution in [0, 0.1) is 0 Å². The van der Waals surface area contributed by atoms with Crippen LogP contribution in [0.2, 0.25) is 0 Å². The maximum atomic E-state index is 10.6. The molecule has 0 aromatic carbocycles. The van der Waals surface area contributed by atoms with Crippen molar-refractivity contribution in [3.8, 4) is 0 Å². The molecule has 1 aromatic heterocycles. The Balaban J connectivity index is 1.97. The number of nitrogens with one attached hydrogen (secondary N) is 2. The van der Waals surface area contributed by atoms with Crippen molar-refractivity contribution in [3.05, 3.63) is 22.4 Å². The monoisotopic (exact) mass is 371 g/mol. The number of hydrogen-bond donors (Lipinski definition) is 3. The number of thioether (sulfide) groups is 1. The number of nitrogens with zero attached hydrogens (tertiary/aromatic N) is 1. The average molecular weight is 372 g/mol. The van der Waals surface area contributed by atoms with Crippen LogP contribution in [-0.4, -0.2) is 54.9 Å². The van der Waals surface area contributed by atoms with Crippen LogP contribution >= 0.6 is 23.1 Å². The fourth-order valence-electron chi connectivity index (χ4n) is 2.68. The number of guanidine groups is 1. The van der Waals surface area contributed by atoms with Gasteiger partial charge in [-0.2, -0.15) is 11.8 Å². The molecule has 2 heterocycles. The van der Waals surface area contributed by atoms with Gasteiger partial charge in [0.25, 0.3) is 0 Å². The topological polar surface area (TPSA) is 65.9 Å². The molecule has 0 aliphatic carbocycles. The zero-order valence-electron chi connectivity index (χ0n) is 14.8. The molecule has 1 aliphatic heterocycles. The van der Waals surface area contributed by atoms with Gasteiger partial charge in [0.05, 0.1) is 6.54 Å². The second kappa shape index (κ2) is 9.08. The molecule has 5 nitrogen and oxygen atoms in total. The van der Waals surface area contributed by atoms with E-state index in [0.717, 1.165) is 50.0 Å². The van der Waals surface area contributed by atoms with E-state index in [1.54, 1.807) is 11.3 Å². The minimum atomic E-state index is -0.938. The maximum absolute atomic E-state index is 10.6. The normalized spacial score (nSPS) is 20.4. The van der Waals surface area contributed by atoms with Crippen LogP contribution in [0.5, 0.6) is 0 Å². The Morgan fingerprint density at radius 2 is 2.21 bits per heavy atom. The molecular formula is C17H29N3O2S2. The lowest BCUT2D eigenvalue weighted by atomic mass is 9.99. The molecule has 1 aliphatic rings. The Kier molecular flexibility index (Phi) is 7.40. The van der Waals surface area contributed by atoms with Gasteiger partial charge in [-0.05, 0) is 44.4 Å². The largest absolute Gasteiger partial charge is 0.383 e. The molecule has 0 amide bonds. The number of hydrogen-bond acceptors (Lipinski definition) is 5. The third-order valence-electron chi connectivity index (χ3n) is 4.36. The molecule has 24 heavy (non-hydrogen) atoms. The Labute approximate surface area is 153 Å². The molecule has 1 fully saturated rings. The van der Waals surface area contributed by atoms with Gasteiger partial charge in [0.2, 0.25) is 0 Å². The second-order valence-corrected chi connectivity index (χ2v) is 8.52. The van der Waals surface area contributed by atoms with Gasteiger partial charge in [0, 0.05) is 35.9 Å². The first-order valence-electron chi connectivity index (χ1n) is 8.43. The lowest BCUT2D eigenvalue weighted by Crippen LogP contribution is -2.48. The van der Waals surface area contributed by atoms with Gasteiger partial charge >= 0.3 is 0 Å². The first kappa shape index (κ1) is 19.6. The fourth-order valence-corrected chi connectivity index (χ4v) is 4.25. The molecule has 0 saturated carbocycles. The highest BCUT2D eigenvalue weighted by Gasteiger charge is 2.32. The van der Waals surface area contributed by atoms with Crippen LogP contribution in [0.25, 0.3) is 0 Å². The van der Waals surface area contributed by atoms with E-state index in [1.807, 2.05) is 43.1 Å². The summed E-state index contributed by atoms with van der Waals surface area (Å²) < 4.78 is 5.69. The van der Waals surface area contributed by atoms with Gasteiger partial charge in [-0.25, -0.2) is 4.99 Å². The molecule has 136 valence electrons. The van der Waals surface area contributed by atoms with Crippen LogP contribution in [0.3, 0.4) is 0 Å². The summed E-state index contributed by atoms with van der Waals surface area (Å²) >= 11 is 3.46. The predicted molar refractivity (Wildman–Crippen MR) is 104 cm³/mol. The van der Waals surface area contributed by atoms with E-state index in [1.165, 1.54) is 0 Å². The number of rotatable bonds is 7. The van der Waals surface area contributed by atoms with Crippen LogP contribution < -0.4 is 10.6 Å². The molecule has 1 saturated heterocycles. The third kappa shape index (κ3) is 5.37. The molecule has 2 rings (SSSR count). The van der Waals surface area contributed by atoms with Crippen LogP contribution in [-0.2, 0) is 10.3 Å². The molecule has 1 atom stereocenters. The van der Waals surface area contributed by atoms with Crippen LogP contribution in [0.15, 0.2) is 22.5 Å². The van der Waals surface area contributed by atoms with Crippen molar-refractivity contribution in [2.45, 2.75) is 37.0 Å². The zero-order valence-corrected chi connectivity index (χ0v) is 16.4. The van der Waals surface area contributed by atoms with Gasteiger partial charge in [-0.3, -0.25) is 0 Å². The van der Waals surface area contributed by atoms with Crippen molar-refractivity contribution in [1.29, 1.82) is 0 Å². The van der Waals surface area contributed by atoms with E-state index in [0.29, 0.717) is 6.54 Å². The van der Waals surface area contributed by atoms with E-state index >= 15 is 0 Å². The fraction of sp³-hybridized carbons (Fsp3) is 0.706. The van der Waals surface area contributed by atoms with Gasteiger partial charge in [0.1, 0.15) is 5.60 Å². The highest BCUT2D eigenvalue weighted by atomic mass is 32.2. The smallest absolute Gasteiger partial charge is 0.191 e. The first-order valence-corrected chi connectivity index (χ1v) is 10.5. The van der Waals surface area contributed by atoms with E-state index in [-0.39, 0.29) is 4.75 Å². The Bertz CT molecular complexity index is 512. The highest BCUT2D eigenvalue weighted by molar-refractivity contribution is 8.00. The summed E-state index contributed by atoms with van der Waals surface area (Å²) in [5.74, 6) is 0.759. The number of ether oxygens (including phenoxy) is 1. The van der Waals surface area contributed by atoms with E-state index < -0.39 is 5.60 Å². The SMILES string of the molecule is CCNC(=NCC(C)(O)c1cccs1)NCC1(SC)CCOCC1. The molecule has 3 N–H and O–H groups in total. The van der Waals surface area contributed by atoms with Crippen LogP contribution in [0.4, 0.5) is 0 Å². The maximum Gasteiger partial charge on any atom is 0.191 e. The lowest BCUT2D eigenvalue weighted by molar-refractivity contribution is 0.0710. The lowest BCUT2D eigenvalue weighted by Gasteiger charge is -2.36. The summed E-state index contributed by atoms with van der Waals surface area (Å²) in [5.41, 5.74) is -0.938. The molecule has 1 unspecified atom stereocenters. The summed E-state index contributed by atoms with van der Waals surface area (Å²) in [7, 11) is 0. The predicted octanol–water partition coefficient (Wildman–Crippen LogP) is 2.42. The highest BCUT2D eigenvalue weighted by Crippen LogP contribution is 2.33. The van der Waals surface area contributed by atoms with Gasteiger partial charge in [-0.15, -0.1) is 11.3 Å².